The second-order valence-corrected chi connectivity index (χ2v) is 3.93. The first-order chi connectivity index (χ1) is 8.89. The molecule has 0 aliphatic carbocycles. The van der Waals surface area contributed by atoms with Crippen molar-refractivity contribution in [1.29, 1.82) is 0 Å². The minimum atomic E-state index is -4.75. The monoisotopic (exact) mass is 271 g/mol. The van der Waals surface area contributed by atoms with Gasteiger partial charge in [-0.2, -0.15) is 13.2 Å². The van der Waals surface area contributed by atoms with Crippen LogP contribution in [0.5, 0.6) is 0 Å². The second-order valence-electron chi connectivity index (χ2n) is 3.93. The molecule has 1 heterocycles. The number of rotatable bonds is 2. The largest absolute Gasteiger partial charge is 0.419 e. The summed E-state index contributed by atoms with van der Waals surface area (Å²) in [5, 5.41) is 9.92. The number of hydrogen-bond donors (Lipinski definition) is 1. The van der Waals surface area contributed by atoms with Gasteiger partial charge in [-0.25, -0.2) is 4.39 Å². The third-order valence-corrected chi connectivity index (χ3v) is 2.61. The van der Waals surface area contributed by atoms with Gasteiger partial charge in [-0.15, -0.1) is 0 Å². The van der Waals surface area contributed by atoms with Crippen LogP contribution in [0, 0.1) is 5.82 Å². The molecule has 100 valence electrons. The van der Waals surface area contributed by atoms with Crippen LogP contribution in [-0.2, 0) is 6.18 Å². The Morgan fingerprint density at radius 2 is 1.84 bits per heavy atom. The summed E-state index contributed by atoms with van der Waals surface area (Å²) in [5.74, 6) is -1.41. The summed E-state index contributed by atoms with van der Waals surface area (Å²) in [6.07, 6.45) is -3.11. The summed E-state index contributed by atoms with van der Waals surface area (Å²) in [7, 11) is 0. The summed E-state index contributed by atoms with van der Waals surface area (Å²) < 4.78 is 50.6. The standard InChI is InChI=1S/C13H9F4NO/c14-11-6-8(3-4-10(11)13(15,16)17)12(19)9-2-1-5-18-7-9/h1-7,12,19H. The zero-order chi connectivity index (χ0) is 14.0. The van der Waals surface area contributed by atoms with E-state index in [4.69, 9.17) is 0 Å². The highest BCUT2D eigenvalue weighted by Gasteiger charge is 2.34. The lowest BCUT2D eigenvalue weighted by Crippen LogP contribution is -2.09. The number of aliphatic hydroxyl groups is 1. The van der Waals surface area contributed by atoms with Crippen LogP contribution >= 0.6 is 0 Å². The average Bonchev–Trinajstić information content (AvgIpc) is 2.37. The van der Waals surface area contributed by atoms with E-state index >= 15 is 0 Å². The Hall–Kier alpha value is -1.95. The van der Waals surface area contributed by atoms with Crippen molar-refractivity contribution in [2.75, 3.05) is 0 Å². The molecule has 0 bridgehead atoms. The van der Waals surface area contributed by atoms with Crippen molar-refractivity contribution in [1.82, 2.24) is 4.98 Å². The van der Waals surface area contributed by atoms with E-state index in [-0.39, 0.29) is 5.56 Å². The lowest BCUT2D eigenvalue weighted by atomic mass is 10.0. The van der Waals surface area contributed by atoms with Gasteiger partial charge < -0.3 is 5.11 Å². The number of hydrogen-bond acceptors (Lipinski definition) is 2. The number of nitrogens with zero attached hydrogens (tertiary/aromatic N) is 1. The van der Waals surface area contributed by atoms with E-state index in [1.807, 2.05) is 0 Å². The molecule has 1 N–H and O–H groups in total. The molecule has 1 aromatic carbocycles. The molecule has 1 atom stereocenters. The predicted octanol–water partition coefficient (Wildman–Crippen LogP) is 3.32. The number of aliphatic hydroxyl groups excluding tert-OH is 1. The Morgan fingerprint density at radius 3 is 2.37 bits per heavy atom. The molecular weight excluding hydrogens is 262 g/mol. The number of benzene rings is 1. The van der Waals surface area contributed by atoms with E-state index in [1.165, 1.54) is 12.4 Å². The van der Waals surface area contributed by atoms with Crippen LogP contribution in [-0.4, -0.2) is 10.1 Å². The maximum atomic E-state index is 13.4. The van der Waals surface area contributed by atoms with Crippen LogP contribution in [0.15, 0.2) is 42.7 Å². The molecule has 1 unspecified atom stereocenters. The predicted molar refractivity (Wildman–Crippen MR) is 59.7 cm³/mol. The number of aromatic nitrogens is 1. The molecule has 6 heteroatoms. The van der Waals surface area contributed by atoms with Crippen LogP contribution in [0.2, 0.25) is 0 Å². The fourth-order valence-corrected chi connectivity index (χ4v) is 1.66. The third kappa shape index (κ3) is 2.90. The zero-order valence-electron chi connectivity index (χ0n) is 9.53. The summed E-state index contributed by atoms with van der Waals surface area (Å²) in [6, 6.07) is 5.46. The molecule has 0 saturated heterocycles. The quantitative estimate of drug-likeness (QED) is 0.850. The van der Waals surface area contributed by atoms with Gasteiger partial charge in [0.05, 0.1) is 5.56 Å². The van der Waals surface area contributed by atoms with Gasteiger partial charge in [-0.3, -0.25) is 4.98 Å². The Labute approximate surface area is 106 Å². The molecule has 0 aliphatic rings. The van der Waals surface area contributed by atoms with Crippen LogP contribution in [0.1, 0.15) is 22.8 Å². The summed E-state index contributed by atoms with van der Waals surface area (Å²) in [5.41, 5.74) is -0.935. The van der Waals surface area contributed by atoms with E-state index in [0.717, 1.165) is 6.07 Å². The van der Waals surface area contributed by atoms with Gasteiger partial charge in [0.2, 0.25) is 0 Å². The lowest BCUT2D eigenvalue weighted by Gasteiger charge is -2.13. The van der Waals surface area contributed by atoms with Crippen molar-refractivity contribution < 1.29 is 22.7 Å². The molecule has 0 radical (unpaired) electrons. The molecule has 0 spiro atoms. The van der Waals surface area contributed by atoms with Gasteiger partial charge >= 0.3 is 6.18 Å². The molecule has 2 aromatic rings. The van der Waals surface area contributed by atoms with Gasteiger partial charge in [-0.05, 0) is 23.8 Å². The van der Waals surface area contributed by atoms with Gasteiger partial charge in [0.25, 0.3) is 0 Å². The molecule has 0 aliphatic heterocycles. The fraction of sp³-hybridized carbons (Fsp3) is 0.154. The van der Waals surface area contributed by atoms with Crippen LogP contribution < -0.4 is 0 Å². The molecule has 2 rings (SSSR count). The van der Waals surface area contributed by atoms with Gasteiger partial charge in [0, 0.05) is 18.0 Å². The van der Waals surface area contributed by atoms with E-state index in [9.17, 15) is 22.7 Å². The summed E-state index contributed by atoms with van der Waals surface area (Å²) in [6.45, 7) is 0. The highest BCUT2D eigenvalue weighted by atomic mass is 19.4. The van der Waals surface area contributed by atoms with Gasteiger partial charge in [-0.1, -0.05) is 12.1 Å². The van der Waals surface area contributed by atoms with Crippen molar-refractivity contribution in [3.8, 4) is 0 Å². The highest BCUT2D eigenvalue weighted by molar-refractivity contribution is 5.32. The Bertz CT molecular complexity index is 569. The smallest absolute Gasteiger partial charge is 0.384 e. The number of pyridine rings is 1. The zero-order valence-corrected chi connectivity index (χ0v) is 9.53. The topological polar surface area (TPSA) is 33.1 Å². The Morgan fingerprint density at radius 1 is 1.11 bits per heavy atom. The first kappa shape index (κ1) is 13.5. The Kier molecular flexibility index (Phi) is 3.53. The van der Waals surface area contributed by atoms with Crippen LogP contribution in [0.4, 0.5) is 17.6 Å². The van der Waals surface area contributed by atoms with Crippen molar-refractivity contribution in [3.63, 3.8) is 0 Å². The van der Waals surface area contributed by atoms with E-state index in [2.05, 4.69) is 4.98 Å². The first-order valence-corrected chi connectivity index (χ1v) is 5.34. The number of halogens is 4. The Balaban J connectivity index is 2.35. The maximum absolute atomic E-state index is 13.4. The number of alkyl halides is 3. The molecule has 0 amide bonds. The van der Waals surface area contributed by atoms with Gasteiger partial charge in [0.1, 0.15) is 11.9 Å². The maximum Gasteiger partial charge on any atom is 0.419 e. The molecule has 0 fully saturated rings. The van der Waals surface area contributed by atoms with Gasteiger partial charge in [0.15, 0.2) is 0 Å². The molecule has 1 aromatic heterocycles. The molecular formula is C13H9F4NO. The normalized spacial score (nSPS) is 13.3. The first-order valence-electron chi connectivity index (χ1n) is 5.34. The summed E-state index contributed by atoms with van der Waals surface area (Å²) >= 11 is 0. The van der Waals surface area contributed by atoms with Crippen LogP contribution in [0.3, 0.4) is 0 Å². The highest BCUT2D eigenvalue weighted by Crippen LogP contribution is 2.33. The minimum absolute atomic E-state index is 0.0403. The SMILES string of the molecule is OC(c1cccnc1)c1ccc(C(F)(F)F)c(F)c1. The van der Waals surface area contributed by atoms with Crippen molar-refractivity contribution in [2.24, 2.45) is 0 Å². The van der Waals surface area contributed by atoms with Crippen LogP contribution in [0.25, 0.3) is 0 Å². The van der Waals surface area contributed by atoms with Crippen molar-refractivity contribution in [3.05, 3.63) is 65.2 Å². The van der Waals surface area contributed by atoms with E-state index < -0.39 is 23.7 Å². The molecule has 0 saturated carbocycles. The minimum Gasteiger partial charge on any atom is -0.384 e. The molecule has 19 heavy (non-hydrogen) atoms. The lowest BCUT2D eigenvalue weighted by molar-refractivity contribution is -0.140. The van der Waals surface area contributed by atoms with E-state index in [0.29, 0.717) is 17.7 Å². The van der Waals surface area contributed by atoms with Crippen molar-refractivity contribution >= 4 is 0 Å². The van der Waals surface area contributed by atoms with Crippen molar-refractivity contribution in [2.45, 2.75) is 12.3 Å². The fourth-order valence-electron chi connectivity index (χ4n) is 1.66. The summed E-state index contributed by atoms with van der Waals surface area (Å²) in [4.78, 5) is 3.78. The van der Waals surface area contributed by atoms with E-state index in [1.54, 1.807) is 12.1 Å². The third-order valence-electron chi connectivity index (χ3n) is 2.61. The molecule has 2 nitrogen and oxygen atoms in total. The second kappa shape index (κ2) is 4.97. The average molecular weight is 271 g/mol.